The van der Waals surface area contributed by atoms with Gasteiger partial charge in [0.15, 0.2) is 0 Å². The van der Waals surface area contributed by atoms with Gasteiger partial charge in [0, 0.05) is 30.4 Å². The Morgan fingerprint density at radius 3 is 2.93 bits per heavy atom. The fraction of sp³-hybridized carbons (Fsp3) is 0.727. The molecular weight excluding hydrogens is 174 g/mol. The van der Waals surface area contributed by atoms with Gasteiger partial charge in [-0.3, -0.25) is 4.68 Å². The van der Waals surface area contributed by atoms with E-state index in [0.29, 0.717) is 6.04 Å². The molecule has 3 unspecified atom stereocenters. The van der Waals surface area contributed by atoms with Crippen molar-refractivity contribution in [3.63, 3.8) is 0 Å². The van der Waals surface area contributed by atoms with Gasteiger partial charge >= 0.3 is 0 Å². The van der Waals surface area contributed by atoms with E-state index in [1.165, 1.54) is 12.0 Å². The number of aromatic nitrogens is 2. The van der Waals surface area contributed by atoms with Crippen molar-refractivity contribution in [3.05, 3.63) is 18.0 Å². The first-order chi connectivity index (χ1) is 6.70. The van der Waals surface area contributed by atoms with Crippen LogP contribution in [0, 0.1) is 5.92 Å². The molecule has 3 atom stereocenters. The second-order valence-corrected chi connectivity index (χ2v) is 4.34. The van der Waals surface area contributed by atoms with E-state index in [2.05, 4.69) is 37.4 Å². The third kappa shape index (κ3) is 1.98. The molecule has 78 valence electrons. The molecule has 0 aromatic carbocycles. The Morgan fingerprint density at radius 1 is 1.71 bits per heavy atom. The maximum atomic E-state index is 4.28. The van der Waals surface area contributed by atoms with Gasteiger partial charge in [0.25, 0.3) is 0 Å². The van der Waals surface area contributed by atoms with Crippen molar-refractivity contribution in [2.24, 2.45) is 5.92 Å². The third-order valence-electron chi connectivity index (χ3n) is 3.05. The molecule has 14 heavy (non-hydrogen) atoms. The molecule has 1 aliphatic rings. The molecule has 2 rings (SSSR count). The molecular formula is C11H19N3. The van der Waals surface area contributed by atoms with Crippen molar-refractivity contribution in [2.75, 3.05) is 0 Å². The van der Waals surface area contributed by atoms with Gasteiger partial charge in [-0.2, -0.15) is 5.10 Å². The van der Waals surface area contributed by atoms with Crippen molar-refractivity contribution in [1.29, 1.82) is 0 Å². The van der Waals surface area contributed by atoms with Crippen LogP contribution in [0.1, 0.15) is 38.8 Å². The highest BCUT2D eigenvalue weighted by Gasteiger charge is 2.33. The molecule has 1 aliphatic carbocycles. The predicted octanol–water partition coefficient (Wildman–Crippen LogP) is 1.96. The average Bonchev–Trinajstić information content (AvgIpc) is 2.72. The minimum Gasteiger partial charge on any atom is -0.307 e. The lowest BCUT2D eigenvalue weighted by molar-refractivity contribution is 0.550. The summed E-state index contributed by atoms with van der Waals surface area (Å²) in [6.07, 6.45) is 5.42. The Balaban J connectivity index is 1.93. The zero-order chi connectivity index (χ0) is 10.1. The first kappa shape index (κ1) is 9.71. The van der Waals surface area contributed by atoms with E-state index >= 15 is 0 Å². The highest BCUT2D eigenvalue weighted by atomic mass is 15.3. The zero-order valence-electron chi connectivity index (χ0n) is 9.20. The van der Waals surface area contributed by atoms with Crippen LogP contribution in [0.3, 0.4) is 0 Å². The summed E-state index contributed by atoms with van der Waals surface area (Å²) in [5, 5.41) is 7.88. The highest BCUT2D eigenvalue weighted by Crippen LogP contribution is 2.31. The molecule has 0 saturated heterocycles. The second kappa shape index (κ2) is 3.73. The van der Waals surface area contributed by atoms with Crippen LogP contribution in [0.2, 0.25) is 0 Å². The van der Waals surface area contributed by atoms with Gasteiger partial charge in [-0.25, -0.2) is 0 Å². The molecule has 1 aromatic rings. The van der Waals surface area contributed by atoms with E-state index in [9.17, 15) is 0 Å². The van der Waals surface area contributed by atoms with Crippen LogP contribution in [-0.4, -0.2) is 15.8 Å². The van der Waals surface area contributed by atoms with E-state index in [4.69, 9.17) is 0 Å². The first-order valence-corrected chi connectivity index (χ1v) is 5.49. The maximum absolute atomic E-state index is 4.28. The van der Waals surface area contributed by atoms with Gasteiger partial charge in [0.1, 0.15) is 0 Å². The number of hydrogen-bond donors (Lipinski definition) is 1. The Hall–Kier alpha value is -0.830. The first-order valence-electron chi connectivity index (χ1n) is 5.49. The molecule has 1 aromatic heterocycles. The van der Waals surface area contributed by atoms with Crippen molar-refractivity contribution in [1.82, 2.24) is 15.1 Å². The van der Waals surface area contributed by atoms with Crippen LogP contribution >= 0.6 is 0 Å². The summed E-state index contributed by atoms with van der Waals surface area (Å²) in [6, 6.07) is 1.17. The fourth-order valence-electron chi connectivity index (χ4n) is 1.75. The molecule has 0 spiro atoms. The Labute approximate surface area is 85.5 Å². The van der Waals surface area contributed by atoms with E-state index in [0.717, 1.165) is 18.5 Å². The van der Waals surface area contributed by atoms with Crippen LogP contribution in [0.5, 0.6) is 0 Å². The van der Waals surface area contributed by atoms with Gasteiger partial charge in [0.2, 0.25) is 0 Å². The fourth-order valence-corrected chi connectivity index (χ4v) is 1.75. The number of rotatable bonds is 4. The van der Waals surface area contributed by atoms with Crippen molar-refractivity contribution in [2.45, 2.75) is 45.8 Å². The van der Waals surface area contributed by atoms with Gasteiger partial charge < -0.3 is 5.32 Å². The topological polar surface area (TPSA) is 29.9 Å². The van der Waals surface area contributed by atoms with Crippen LogP contribution in [0.25, 0.3) is 0 Å². The SMILES string of the molecule is CCn1cc(C(C)NC2CC2C)cn1. The summed E-state index contributed by atoms with van der Waals surface area (Å²) < 4.78 is 1.98. The number of hydrogen-bond acceptors (Lipinski definition) is 2. The summed E-state index contributed by atoms with van der Waals surface area (Å²) in [6.45, 7) is 7.56. The van der Waals surface area contributed by atoms with Crippen LogP contribution in [0.15, 0.2) is 12.4 Å². The third-order valence-corrected chi connectivity index (χ3v) is 3.05. The maximum Gasteiger partial charge on any atom is 0.0537 e. The average molecular weight is 193 g/mol. The van der Waals surface area contributed by atoms with E-state index in [1.807, 2.05) is 10.9 Å². The van der Waals surface area contributed by atoms with E-state index < -0.39 is 0 Å². The summed E-state index contributed by atoms with van der Waals surface area (Å²) in [7, 11) is 0. The zero-order valence-corrected chi connectivity index (χ0v) is 9.20. The molecule has 0 radical (unpaired) electrons. The largest absolute Gasteiger partial charge is 0.307 e. The van der Waals surface area contributed by atoms with Crippen LogP contribution in [0.4, 0.5) is 0 Å². The van der Waals surface area contributed by atoms with Crippen molar-refractivity contribution in [3.8, 4) is 0 Å². The second-order valence-electron chi connectivity index (χ2n) is 4.34. The van der Waals surface area contributed by atoms with E-state index in [1.54, 1.807) is 0 Å². The molecule has 1 heterocycles. The summed E-state index contributed by atoms with van der Waals surface area (Å²) in [5.74, 6) is 0.860. The van der Waals surface area contributed by atoms with Gasteiger partial charge in [-0.15, -0.1) is 0 Å². The van der Waals surface area contributed by atoms with Crippen molar-refractivity contribution < 1.29 is 0 Å². The predicted molar refractivity (Wildman–Crippen MR) is 57.0 cm³/mol. The number of aryl methyl sites for hydroxylation is 1. The minimum absolute atomic E-state index is 0.435. The van der Waals surface area contributed by atoms with Crippen LogP contribution < -0.4 is 5.32 Å². The Morgan fingerprint density at radius 2 is 2.43 bits per heavy atom. The minimum atomic E-state index is 0.435. The molecule has 3 nitrogen and oxygen atoms in total. The van der Waals surface area contributed by atoms with Gasteiger partial charge in [-0.1, -0.05) is 6.92 Å². The molecule has 0 aliphatic heterocycles. The van der Waals surface area contributed by atoms with Crippen molar-refractivity contribution >= 4 is 0 Å². The number of nitrogens with one attached hydrogen (secondary N) is 1. The van der Waals surface area contributed by atoms with Gasteiger partial charge in [0.05, 0.1) is 6.20 Å². The molecule has 1 fully saturated rings. The highest BCUT2D eigenvalue weighted by molar-refractivity contribution is 5.10. The monoisotopic (exact) mass is 193 g/mol. The lowest BCUT2D eigenvalue weighted by Gasteiger charge is -2.10. The molecule has 3 heteroatoms. The van der Waals surface area contributed by atoms with Gasteiger partial charge in [-0.05, 0) is 26.2 Å². The number of nitrogens with zero attached hydrogens (tertiary/aromatic N) is 2. The summed E-state index contributed by atoms with van der Waals surface area (Å²) in [4.78, 5) is 0. The Kier molecular flexibility index (Phi) is 2.59. The molecule has 0 amide bonds. The van der Waals surface area contributed by atoms with E-state index in [-0.39, 0.29) is 0 Å². The smallest absolute Gasteiger partial charge is 0.0537 e. The lowest BCUT2D eigenvalue weighted by atomic mass is 10.2. The summed E-state index contributed by atoms with van der Waals surface area (Å²) in [5.41, 5.74) is 1.30. The quantitative estimate of drug-likeness (QED) is 0.792. The molecule has 1 saturated carbocycles. The Bertz CT molecular complexity index is 305. The molecule has 0 bridgehead atoms. The van der Waals surface area contributed by atoms with Crippen LogP contribution in [-0.2, 0) is 6.54 Å². The normalized spacial score (nSPS) is 27.6. The lowest BCUT2D eigenvalue weighted by Crippen LogP contribution is -2.21. The standard InChI is InChI=1S/C11H19N3/c1-4-14-7-10(6-12-14)9(3)13-11-5-8(11)2/h6-9,11,13H,4-5H2,1-3H3. The molecule has 1 N–H and O–H groups in total. The summed E-state index contributed by atoms with van der Waals surface area (Å²) >= 11 is 0.